The van der Waals surface area contributed by atoms with Crippen LogP contribution in [0.15, 0.2) is 48.5 Å². The van der Waals surface area contributed by atoms with E-state index in [1.54, 1.807) is 50.2 Å². The molecule has 0 spiro atoms. The number of nitrogens with one attached hydrogen (secondary N) is 2. The number of benzene rings is 2. The van der Waals surface area contributed by atoms with Gasteiger partial charge in [0.2, 0.25) is 15.9 Å². The van der Waals surface area contributed by atoms with Gasteiger partial charge >= 0.3 is 0 Å². The molecule has 0 heterocycles. The summed E-state index contributed by atoms with van der Waals surface area (Å²) in [5, 5.41) is 2.78. The van der Waals surface area contributed by atoms with Gasteiger partial charge in [0.1, 0.15) is 5.82 Å². The van der Waals surface area contributed by atoms with Crippen molar-refractivity contribution in [2.75, 3.05) is 0 Å². The minimum absolute atomic E-state index is 0.135. The Morgan fingerprint density at radius 1 is 1.04 bits per heavy atom. The Bertz CT molecular complexity index is 849. The average Bonchev–Trinajstić information content (AvgIpc) is 2.54. The lowest BCUT2D eigenvalue weighted by Crippen LogP contribution is -2.32. The molecule has 0 bridgehead atoms. The molecule has 5 nitrogen and oxygen atoms in total. The summed E-state index contributed by atoms with van der Waals surface area (Å²) in [7, 11) is -3.45. The van der Waals surface area contributed by atoms with Crippen LogP contribution in [0, 0.1) is 5.82 Å². The Labute approximate surface area is 153 Å². The Morgan fingerprint density at radius 3 is 2.27 bits per heavy atom. The van der Waals surface area contributed by atoms with E-state index < -0.39 is 10.0 Å². The number of rotatable bonds is 8. The van der Waals surface area contributed by atoms with E-state index in [1.165, 1.54) is 12.1 Å². The van der Waals surface area contributed by atoms with Crippen molar-refractivity contribution in [1.82, 2.24) is 10.0 Å². The van der Waals surface area contributed by atoms with Crippen LogP contribution >= 0.6 is 0 Å². The van der Waals surface area contributed by atoms with E-state index in [1.807, 2.05) is 0 Å². The number of sulfonamides is 1. The van der Waals surface area contributed by atoms with Gasteiger partial charge in [0.05, 0.1) is 12.2 Å². The topological polar surface area (TPSA) is 75.3 Å². The first-order valence-corrected chi connectivity index (χ1v) is 9.98. The minimum atomic E-state index is -3.45. The molecule has 26 heavy (non-hydrogen) atoms. The highest BCUT2D eigenvalue weighted by molar-refractivity contribution is 7.88. The molecule has 140 valence electrons. The van der Waals surface area contributed by atoms with Crippen LogP contribution in [-0.2, 0) is 33.5 Å². The zero-order chi connectivity index (χ0) is 19.2. The molecule has 0 radical (unpaired) electrons. The van der Waals surface area contributed by atoms with E-state index in [9.17, 15) is 17.6 Å². The second-order valence-electron chi connectivity index (χ2n) is 6.38. The van der Waals surface area contributed by atoms with Gasteiger partial charge in [-0.2, -0.15) is 0 Å². The quantitative estimate of drug-likeness (QED) is 0.741. The predicted octanol–water partition coefficient (Wildman–Crippen LogP) is 2.51. The predicted molar refractivity (Wildman–Crippen MR) is 99.3 cm³/mol. The molecule has 2 aromatic carbocycles. The van der Waals surface area contributed by atoms with Crippen LogP contribution < -0.4 is 10.0 Å². The number of halogens is 1. The third kappa shape index (κ3) is 6.57. The molecular weight excluding hydrogens is 355 g/mol. The number of hydrogen-bond acceptors (Lipinski definition) is 3. The first-order chi connectivity index (χ1) is 12.2. The van der Waals surface area contributed by atoms with Crippen molar-refractivity contribution in [3.63, 3.8) is 0 Å². The Balaban J connectivity index is 1.99. The minimum Gasteiger partial charge on any atom is -0.352 e. The maximum absolute atomic E-state index is 12.9. The Kier molecular flexibility index (Phi) is 6.88. The molecule has 0 unspecified atom stereocenters. The molecule has 0 aromatic heterocycles. The van der Waals surface area contributed by atoms with Crippen LogP contribution in [-0.4, -0.2) is 20.4 Å². The third-order valence-electron chi connectivity index (χ3n) is 3.63. The van der Waals surface area contributed by atoms with E-state index in [2.05, 4.69) is 10.0 Å². The van der Waals surface area contributed by atoms with Gasteiger partial charge < -0.3 is 5.32 Å². The fourth-order valence-corrected chi connectivity index (χ4v) is 4.01. The fourth-order valence-electron chi connectivity index (χ4n) is 2.52. The monoisotopic (exact) mass is 378 g/mol. The zero-order valence-electron chi connectivity index (χ0n) is 14.8. The summed E-state index contributed by atoms with van der Waals surface area (Å²) in [6, 6.07) is 12.7. The Hall–Kier alpha value is -2.25. The first-order valence-electron chi connectivity index (χ1n) is 8.33. The van der Waals surface area contributed by atoms with E-state index in [4.69, 9.17) is 0 Å². The molecule has 2 aromatic rings. The molecular formula is C19H23FN2O3S. The lowest BCUT2D eigenvalue weighted by molar-refractivity contribution is -0.120. The van der Waals surface area contributed by atoms with Crippen LogP contribution in [0.1, 0.15) is 30.5 Å². The van der Waals surface area contributed by atoms with E-state index >= 15 is 0 Å². The van der Waals surface area contributed by atoms with Gasteiger partial charge in [0.15, 0.2) is 0 Å². The molecule has 0 aliphatic heterocycles. The van der Waals surface area contributed by atoms with Gasteiger partial charge in [0.25, 0.3) is 0 Å². The fraction of sp³-hybridized carbons (Fsp3) is 0.316. The SMILES string of the molecule is CC(C)NS(=O)(=O)Cc1ccccc1CNC(=O)Cc1ccc(F)cc1. The molecule has 0 saturated heterocycles. The normalized spacial score (nSPS) is 11.5. The van der Waals surface area contributed by atoms with Crippen molar-refractivity contribution < 1.29 is 17.6 Å². The summed E-state index contributed by atoms with van der Waals surface area (Å²) < 4.78 is 39.7. The number of carbonyl (C=O) groups excluding carboxylic acids is 1. The largest absolute Gasteiger partial charge is 0.352 e. The van der Waals surface area contributed by atoms with Crippen LogP contribution in [0.2, 0.25) is 0 Å². The van der Waals surface area contributed by atoms with E-state index in [-0.39, 0.29) is 36.5 Å². The van der Waals surface area contributed by atoms with Gasteiger partial charge in [-0.15, -0.1) is 0 Å². The molecule has 2 N–H and O–H groups in total. The second kappa shape index (κ2) is 8.91. The van der Waals surface area contributed by atoms with Crippen molar-refractivity contribution in [3.05, 3.63) is 71.0 Å². The highest BCUT2D eigenvalue weighted by Crippen LogP contribution is 2.13. The maximum atomic E-state index is 12.9. The molecule has 0 atom stereocenters. The lowest BCUT2D eigenvalue weighted by Gasteiger charge is -2.13. The van der Waals surface area contributed by atoms with Crippen molar-refractivity contribution in [2.24, 2.45) is 0 Å². The smallest absolute Gasteiger partial charge is 0.224 e. The first kappa shape index (κ1) is 20.1. The van der Waals surface area contributed by atoms with E-state index in [0.29, 0.717) is 11.1 Å². The molecule has 0 aliphatic rings. The van der Waals surface area contributed by atoms with Crippen LogP contribution in [0.3, 0.4) is 0 Å². The number of carbonyl (C=O) groups is 1. The van der Waals surface area contributed by atoms with Crippen LogP contribution in [0.4, 0.5) is 4.39 Å². The second-order valence-corrected chi connectivity index (χ2v) is 8.13. The summed E-state index contributed by atoms with van der Waals surface area (Å²) >= 11 is 0. The summed E-state index contributed by atoms with van der Waals surface area (Å²) in [6.07, 6.45) is 0.135. The van der Waals surface area contributed by atoms with Crippen LogP contribution in [0.5, 0.6) is 0 Å². The van der Waals surface area contributed by atoms with Crippen LogP contribution in [0.25, 0.3) is 0 Å². The van der Waals surface area contributed by atoms with Crippen molar-refractivity contribution in [3.8, 4) is 0 Å². The third-order valence-corrected chi connectivity index (χ3v) is 5.15. The molecule has 0 fully saturated rings. The van der Waals surface area contributed by atoms with Gasteiger partial charge in [-0.05, 0) is 42.7 Å². The summed E-state index contributed by atoms with van der Waals surface area (Å²) in [5.74, 6) is -0.705. The highest BCUT2D eigenvalue weighted by Gasteiger charge is 2.15. The van der Waals surface area contributed by atoms with Gasteiger partial charge in [-0.3, -0.25) is 4.79 Å². The zero-order valence-corrected chi connectivity index (χ0v) is 15.6. The molecule has 0 saturated carbocycles. The molecule has 1 amide bonds. The summed E-state index contributed by atoms with van der Waals surface area (Å²) in [6.45, 7) is 3.76. The van der Waals surface area contributed by atoms with Crippen molar-refractivity contribution in [1.29, 1.82) is 0 Å². The van der Waals surface area contributed by atoms with Crippen molar-refractivity contribution >= 4 is 15.9 Å². The van der Waals surface area contributed by atoms with Gasteiger partial charge in [0, 0.05) is 12.6 Å². The molecule has 7 heteroatoms. The lowest BCUT2D eigenvalue weighted by atomic mass is 10.1. The van der Waals surface area contributed by atoms with Gasteiger partial charge in [-0.25, -0.2) is 17.5 Å². The Morgan fingerprint density at radius 2 is 1.65 bits per heavy atom. The number of amides is 1. The standard InChI is InChI=1S/C19H23FN2O3S/c1-14(2)22-26(24,25)13-17-6-4-3-5-16(17)12-21-19(23)11-15-7-9-18(20)10-8-15/h3-10,14,22H,11-13H2,1-2H3,(H,21,23). The van der Waals surface area contributed by atoms with Crippen molar-refractivity contribution in [2.45, 2.75) is 38.6 Å². The molecule has 0 aliphatic carbocycles. The number of hydrogen-bond donors (Lipinski definition) is 2. The molecule has 2 rings (SSSR count). The average molecular weight is 378 g/mol. The van der Waals surface area contributed by atoms with Gasteiger partial charge in [-0.1, -0.05) is 36.4 Å². The highest BCUT2D eigenvalue weighted by atomic mass is 32.2. The summed E-state index contributed by atoms with van der Waals surface area (Å²) in [5.41, 5.74) is 2.10. The van der Waals surface area contributed by atoms with E-state index in [0.717, 1.165) is 5.56 Å². The maximum Gasteiger partial charge on any atom is 0.224 e. The summed E-state index contributed by atoms with van der Waals surface area (Å²) in [4.78, 5) is 12.1.